The molecule has 0 aromatic rings. The summed E-state index contributed by atoms with van der Waals surface area (Å²) >= 11 is 0. The number of carbonyl (C=O) groups excluding carboxylic acids is 3. The summed E-state index contributed by atoms with van der Waals surface area (Å²) in [6.45, 7) is 7.59. The van der Waals surface area contributed by atoms with Crippen LogP contribution in [0, 0.1) is 5.92 Å². The molecule has 0 aliphatic carbocycles. The van der Waals surface area contributed by atoms with Crippen LogP contribution in [0.4, 0.5) is 4.79 Å². The molecule has 2 amide bonds. The van der Waals surface area contributed by atoms with Crippen molar-refractivity contribution in [2.75, 3.05) is 0 Å². The number of hydrogen-bond donors (Lipinski definition) is 4. The van der Waals surface area contributed by atoms with E-state index in [1.165, 1.54) is 24.3 Å². The molecule has 9 nitrogen and oxygen atoms in total. The third-order valence-electron chi connectivity index (χ3n) is 6.08. The summed E-state index contributed by atoms with van der Waals surface area (Å²) in [6.07, 6.45) is 18.9. The van der Waals surface area contributed by atoms with Crippen molar-refractivity contribution in [3.63, 3.8) is 0 Å². The van der Waals surface area contributed by atoms with Crippen molar-refractivity contribution in [2.45, 2.75) is 90.6 Å². The number of nitrogens with one attached hydrogen (secondary N) is 1. The zero-order valence-electron chi connectivity index (χ0n) is 24.6. The second-order valence-electron chi connectivity index (χ2n) is 10.3. The molecule has 5 N–H and O–H groups in total. The van der Waals surface area contributed by atoms with Gasteiger partial charge in [-0.2, -0.15) is 0 Å². The molecule has 5 atom stereocenters. The SMILES string of the molecule is CC(C)=CC(=O)N/C=C/C=C/[C@@H](C)[C@H]1C/C(C)=C/C=C/CC[C@H](OC(N)=O)[C@@H](O)/C=C/[C@@H](O)CCC/C=C/C(=O)O1. The molecule has 226 valence electrons. The van der Waals surface area contributed by atoms with Gasteiger partial charge < -0.3 is 30.7 Å². The van der Waals surface area contributed by atoms with Crippen LogP contribution >= 0.6 is 0 Å². The highest BCUT2D eigenvalue weighted by Crippen LogP contribution is 2.19. The van der Waals surface area contributed by atoms with Crippen LogP contribution in [0.15, 0.2) is 84.2 Å². The molecule has 0 unspecified atom stereocenters. The normalized spacial score (nSPS) is 28.0. The van der Waals surface area contributed by atoms with Crippen LogP contribution in [-0.4, -0.2) is 52.6 Å². The largest absolute Gasteiger partial charge is 0.458 e. The van der Waals surface area contributed by atoms with E-state index < -0.39 is 36.5 Å². The van der Waals surface area contributed by atoms with Gasteiger partial charge in [-0.1, -0.05) is 66.7 Å². The molecule has 0 saturated heterocycles. The van der Waals surface area contributed by atoms with E-state index in [-0.39, 0.29) is 11.8 Å². The van der Waals surface area contributed by atoms with Gasteiger partial charge in [0.05, 0.1) is 6.10 Å². The monoisotopic (exact) mass is 570 g/mol. The van der Waals surface area contributed by atoms with Crippen molar-refractivity contribution in [3.05, 3.63) is 84.2 Å². The van der Waals surface area contributed by atoms with Gasteiger partial charge in [0, 0.05) is 30.7 Å². The smallest absolute Gasteiger partial charge is 0.404 e. The van der Waals surface area contributed by atoms with Crippen molar-refractivity contribution >= 4 is 18.0 Å². The summed E-state index contributed by atoms with van der Waals surface area (Å²) in [5.41, 5.74) is 7.06. The lowest BCUT2D eigenvalue weighted by molar-refractivity contribution is -0.144. The molecule has 0 saturated carbocycles. The highest BCUT2D eigenvalue weighted by molar-refractivity contribution is 5.88. The van der Waals surface area contributed by atoms with E-state index in [0.717, 1.165) is 11.1 Å². The lowest BCUT2D eigenvalue weighted by Gasteiger charge is -2.22. The maximum Gasteiger partial charge on any atom is 0.404 e. The molecule has 0 aromatic heterocycles. The third kappa shape index (κ3) is 17.6. The lowest BCUT2D eigenvalue weighted by Crippen LogP contribution is -2.32. The highest BCUT2D eigenvalue weighted by Gasteiger charge is 2.21. The van der Waals surface area contributed by atoms with Gasteiger partial charge in [0.1, 0.15) is 18.3 Å². The summed E-state index contributed by atoms with van der Waals surface area (Å²) in [6, 6.07) is 0. The standard InChI is InChI=1S/C32H46N2O7/c1-23(2)21-30(37)34-20-12-11-14-25(4)29-22-24(3)13-7-5-9-16-28(41-32(33)39)27(36)19-18-26(35)15-8-6-10-17-31(38)40-29/h5,7,10-14,17-21,25-29,35-36H,6,8-9,15-16,22H2,1-4H3,(H2,33,39)(H,34,37)/b7-5+,14-11+,17-10+,19-18+,20-12+,24-13+/t25-,26+,27+,28+,29-/m1/s1. The van der Waals surface area contributed by atoms with Crippen LogP contribution in [-0.2, 0) is 19.1 Å². The number of hydrogen-bond acceptors (Lipinski definition) is 7. The van der Waals surface area contributed by atoms with E-state index in [1.807, 2.05) is 52.0 Å². The fourth-order valence-electron chi connectivity index (χ4n) is 3.89. The number of rotatable bonds is 6. The summed E-state index contributed by atoms with van der Waals surface area (Å²) in [5, 5.41) is 23.3. The maximum absolute atomic E-state index is 12.6. The molecule has 0 bridgehead atoms. The minimum atomic E-state index is -1.11. The fourth-order valence-corrected chi connectivity index (χ4v) is 3.89. The molecule has 0 radical (unpaired) electrons. The Morgan fingerprint density at radius 1 is 1.15 bits per heavy atom. The lowest BCUT2D eigenvalue weighted by atomic mass is 9.97. The first-order chi connectivity index (χ1) is 19.5. The first-order valence-electron chi connectivity index (χ1n) is 14.0. The fraction of sp³-hybridized carbons (Fsp3) is 0.469. The van der Waals surface area contributed by atoms with E-state index in [4.69, 9.17) is 15.2 Å². The second-order valence-corrected chi connectivity index (χ2v) is 10.3. The molecular weight excluding hydrogens is 524 g/mol. The number of nitrogens with two attached hydrogens (primary N) is 1. The van der Waals surface area contributed by atoms with Gasteiger partial charge in [0.2, 0.25) is 5.91 Å². The first kappa shape index (κ1) is 35.3. The van der Waals surface area contributed by atoms with Crippen LogP contribution in [0.3, 0.4) is 0 Å². The van der Waals surface area contributed by atoms with Crippen LogP contribution in [0.5, 0.6) is 0 Å². The topological polar surface area (TPSA) is 148 Å². The predicted octanol–water partition coefficient (Wildman–Crippen LogP) is 4.84. The van der Waals surface area contributed by atoms with E-state index in [2.05, 4.69) is 5.32 Å². The highest BCUT2D eigenvalue weighted by atomic mass is 16.6. The van der Waals surface area contributed by atoms with Crippen LogP contribution in [0.1, 0.15) is 66.2 Å². The molecule has 1 heterocycles. The Labute approximate surface area is 243 Å². The molecule has 1 rings (SSSR count). The van der Waals surface area contributed by atoms with Crippen molar-refractivity contribution in [2.24, 2.45) is 11.7 Å². The summed E-state index contributed by atoms with van der Waals surface area (Å²) in [7, 11) is 0. The van der Waals surface area contributed by atoms with E-state index in [0.29, 0.717) is 38.5 Å². The van der Waals surface area contributed by atoms with Gasteiger partial charge in [-0.15, -0.1) is 0 Å². The number of aliphatic hydroxyl groups is 2. The van der Waals surface area contributed by atoms with E-state index >= 15 is 0 Å². The Bertz CT molecular complexity index is 1050. The van der Waals surface area contributed by atoms with Gasteiger partial charge >= 0.3 is 12.1 Å². The second kappa shape index (κ2) is 20.2. The number of amides is 2. The Morgan fingerprint density at radius 2 is 1.90 bits per heavy atom. The zero-order valence-corrected chi connectivity index (χ0v) is 24.6. The van der Waals surface area contributed by atoms with Gasteiger partial charge in [-0.25, -0.2) is 9.59 Å². The zero-order chi connectivity index (χ0) is 30.6. The number of aliphatic hydroxyl groups excluding tert-OH is 2. The van der Waals surface area contributed by atoms with Gasteiger partial charge in [0.15, 0.2) is 0 Å². The average Bonchev–Trinajstić information content (AvgIpc) is 2.88. The number of esters is 1. The van der Waals surface area contributed by atoms with Crippen LogP contribution in [0.2, 0.25) is 0 Å². The number of ether oxygens (including phenoxy) is 2. The Hall–Kier alpha value is -3.69. The number of allylic oxidation sites excluding steroid dienone is 7. The van der Waals surface area contributed by atoms with Crippen LogP contribution in [0.25, 0.3) is 0 Å². The maximum atomic E-state index is 12.6. The van der Waals surface area contributed by atoms with E-state index in [1.54, 1.807) is 24.4 Å². The number of cyclic esters (lactones) is 1. The average molecular weight is 571 g/mol. The van der Waals surface area contributed by atoms with Crippen molar-refractivity contribution in [3.8, 4) is 0 Å². The molecule has 0 fully saturated rings. The third-order valence-corrected chi connectivity index (χ3v) is 6.08. The van der Waals surface area contributed by atoms with Crippen molar-refractivity contribution < 1.29 is 34.1 Å². The predicted molar refractivity (Wildman–Crippen MR) is 160 cm³/mol. The minimum Gasteiger partial charge on any atom is -0.458 e. The van der Waals surface area contributed by atoms with Crippen LogP contribution < -0.4 is 11.1 Å². The Balaban J connectivity index is 3.02. The van der Waals surface area contributed by atoms with Crippen molar-refractivity contribution in [1.82, 2.24) is 5.32 Å². The molecule has 1 aliphatic heterocycles. The molecule has 0 spiro atoms. The molecule has 1 aliphatic rings. The molecule has 0 aromatic carbocycles. The molecular formula is C32H46N2O7. The van der Waals surface area contributed by atoms with E-state index in [9.17, 15) is 24.6 Å². The van der Waals surface area contributed by atoms with Gasteiger partial charge in [-0.3, -0.25) is 4.79 Å². The summed E-state index contributed by atoms with van der Waals surface area (Å²) < 4.78 is 10.9. The minimum absolute atomic E-state index is 0.120. The molecule has 9 heteroatoms. The van der Waals surface area contributed by atoms with Gasteiger partial charge in [-0.05, 0) is 59.0 Å². The first-order valence-corrected chi connectivity index (χ1v) is 14.0. The number of primary amides is 1. The van der Waals surface area contributed by atoms with Gasteiger partial charge in [0.25, 0.3) is 0 Å². The Morgan fingerprint density at radius 3 is 2.61 bits per heavy atom. The molecule has 41 heavy (non-hydrogen) atoms. The quantitative estimate of drug-likeness (QED) is 0.155. The summed E-state index contributed by atoms with van der Waals surface area (Å²) in [4.78, 5) is 35.6. The summed E-state index contributed by atoms with van der Waals surface area (Å²) in [5.74, 6) is -0.766. The number of carbonyl (C=O) groups is 3. The Kier molecular flexibility index (Phi) is 17.4. The van der Waals surface area contributed by atoms with Crippen molar-refractivity contribution in [1.29, 1.82) is 0 Å².